The number of hydrogen-bond donors (Lipinski definition) is 1. The second-order valence-corrected chi connectivity index (χ2v) is 7.57. The van der Waals surface area contributed by atoms with Gasteiger partial charge in [0.2, 0.25) is 5.78 Å². The van der Waals surface area contributed by atoms with Crippen LogP contribution in [-0.2, 0) is 6.54 Å². The molecule has 0 unspecified atom stereocenters. The highest BCUT2D eigenvalue weighted by Crippen LogP contribution is 2.40. The van der Waals surface area contributed by atoms with Crippen molar-refractivity contribution in [3.8, 4) is 23.0 Å². The first kappa shape index (κ1) is 20.3. The first-order chi connectivity index (χ1) is 14.5. The van der Waals surface area contributed by atoms with Crippen molar-refractivity contribution in [2.75, 3.05) is 47.4 Å². The molecule has 1 saturated heterocycles. The summed E-state index contributed by atoms with van der Waals surface area (Å²) >= 11 is 0. The van der Waals surface area contributed by atoms with Gasteiger partial charge in [0.05, 0.1) is 25.3 Å². The molecule has 0 spiro atoms. The van der Waals surface area contributed by atoms with Crippen LogP contribution in [0.4, 0.5) is 0 Å². The van der Waals surface area contributed by atoms with Gasteiger partial charge in [-0.05, 0) is 43.0 Å². The zero-order valence-electron chi connectivity index (χ0n) is 17.5. The number of piperazine rings is 1. The van der Waals surface area contributed by atoms with Gasteiger partial charge < -0.3 is 24.2 Å². The lowest BCUT2D eigenvalue weighted by atomic mass is 10.0. The molecule has 30 heavy (non-hydrogen) atoms. The quantitative estimate of drug-likeness (QED) is 0.760. The van der Waals surface area contributed by atoms with Crippen LogP contribution in [0.3, 0.4) is 0 Å². The summed E-state index contributed by atoms with van der Waals surface area (Å²) in [5, 5.41) is 10.5. The number of likely N-dealkylation sites (N-methyl/N-ethyl adjacent to an activating group) is 1. The number of methoxy groups -OCH3 is 2. The number of rotatable bonds is 5. The zero-order valence-corrected chi connectivity index (χ0v) is 17.5. The monoisotopic (exact) mass is 410 g/mol. The number of carbonyl (C=O) groups excluding carboxylic acids is 1. The first-order valence-corrected chi connectivity index (χ1v) is 9.92. The number of allylic oxidation sites excluding steroid dienone is 1. The van der Waals surface area contributed by atoms with E-state index in [2.05, 4.69) is 16.8 Å². The van der Waals surface area contributed by atoms with Crippen LogP contribution in [0.5, 0.6) is 23.0 Å². The minimum absolute atomic E-state index is 0.146. The van der Waals surface area contributed by atoms with E-state index in [4.69, 9.17) is 14.2 Å². The third-order valence-electron chi connectivity index (χ3n) is 5.60. The van der Waals surface area contributed by atoms with Gasteiger partial charge in [-0.25, -0.2) is 0 Å². The summed E-state index contributed by atoms with van der Waals surface area (Å²) in [6.45, 7) is 4.30. The van der Waals surface area contributed by atoms with Crippen molar-refractivity contribution >= 4 is 11.9 Å². The fourth-order valence-electron chi connectivity index (χ4n) is 3.77. The lowest BCUT2D eigenvalue weighted by Crippen LogP contribution is -2.43. The van der Waals surface area contributed by atoms with E-state index in [1.54, 1.807) is 44.6 Å². The summed E-state index contributed by atoms with van der Waals surface area (Å²) in [5.74, 6) is 1.81. The normalized spacial score (nSPS) is 18.4. The number of ether oxygens (including phenoxy) is 3. The molecule has 2 aromatic rings. The van der Waals surface area contributed by atoms with Crippen LogP contribution in [0.15, 0.2) is 36.1 Å². The minimum Gasteiger partial charge on any atom is -0.507 e. The number of hydrogen-bond acceptors (Lipinski definition) is 7. The Morgan fingerprint density at radius 1 is 1.07 bits per heavy atom. The number of phenols is 1. The van der Waals surface area contributed by atoms with Crippen LogP contribution >= 0.6 is 0 Å². The Kier molecular flexibility index (Phi) is 5.65. The van der Waals surface area contributed by atoms with Crippen molar-refractivity contribution < 1.29 is 24.1 Å². The molecule has 0 aliphatic carbocycles. The molecule has 0 atom stereocenters. The lowest BCUT2D eigenvalue weighted by molar-refractivity contribution is 0.101. The van der Waals surface area contributed by atoms with Crippen molar-refractivity contribution in [1.82, 2.24) is 9.80 Å². The molecule has 0 bridgehead atoms. The van der Waals surface area contributed by atoms with E-state index in [1.165, 1.54) is 0 Å². The average molecular weight is 410 g/mol. The van der Waals surface area contributed by atoms with Crippen molar-refractivity contribution in [2.45, 2.75) is 6.54 Å². The Balaban J connectivity index is 1.62. The van der Waals surface area contributed by atoms with Crippen molar-refractivity contribution in [1.29, 1.82) is 0 Å². The number of ketones is 1. The predicted molar refractivity (Wildman–Crippen MR) is 113 cm³/mol. The molecule has 0 radical (unpaired) electrons. The number of Topliss-reactive ketones (excluding diaryl/α,β-unsaturated/α-hetero) is 1. The van der Waals surface area contributed by atoms with Crippen LogP contribution < -0.4 is 14.2 Å². The molecule has 0 aromatic heterocycles. The maximum Gasteiger partial charge on any atom is 0.231 e. The van der Waals surface area contributed by atoms with E-state index in [0.717, 1.165) is 31.7 Å². The van der Waals surface area contributed by atoms with Gasteiger partial charge in [0, 0.05) is 32.7 Å². The molecule has 1 N–H and O–H groups in total. The molecule has 0 saturated carbocycles. The topological polar surface area (TPSA) is 71.5 Å². The largest absolute Gasteiger partial charge is 0.507 e. The number of nitrogens with zero attached hydrogens (tertiary/aromatic N) is 2. The van der Waals surface area contributed by atoms with E-state index in [-0.39, 0.29) is 17.3 Å². The highest BCUT2D eigenvalue weighted by molar-refractivity contribution is 6.15. The zero-order chi connectivity index (χ0) is 21.3. The SMILES string of the molecule is COc1ccc(/C=C2\Oc3c(ccc(O)c3CN3CCN(C)CC3)C2=O)cc1OC. The Morgan fingerprint density at radius 3 is 2.50 bits per heavy atom. The van der Waals surface area contributed by atoms with Gasteiger partial charge in [-0.15, -0.1) is 0 Å². The van der Waals surface area contributed by atoms with Crippen LogP contribution in [0.25, 0.3) is 6.08 Å². The number of phenolic OH excluding ortho intramolecular Hbond substituents is 1. The number of benzene rings is 2. The first-order valence-electron chi connectivity index (χ1n) is 9.92. The van der Waals surface area contributed by atoms with Crippen molar-refractivity contribution in [2.24, 2.45) is 0 Å². The molecule has 2 aliphatic rings. The third kappa shape index (κ3) is 3.86. The van der Waals surface area contributed by atoms with E-state index in [0.29, 0.717) is 34.9 Å². The molecule has 4 rings (SSSR count). The molecular formula is C23H26N2O5. The third-order valence-corrected chi connectivity index (χ3v) is 5.60. The summed E-state index contributed by atoms with van der Waals surface area (Å²) in [6.07, 6.45) is 1.68. The van der Waals surface area contributed by atoms with Gasteiger partial charge in [0.25, 0.3) is 0 Å². The summed E-state index contributed by atoms with van der Waals surface area (Å²) in [5.41, 5.74) is 1.89. The predicted octanol–water partition coefficient (Wildman–Crippen LogP) is 2.77. The smallest absolute Gasteiger partial charge is 0.231 e. The molecule has 158 valence electrons. The highest BCUT2D eigenvalue weighted by atomic mass is 16.5. The summed E-state index contributed by atoms with van der Waals surface area (Å²) in [6, 6.07) is 8.59. The second-order valence-electron chi connectivity index (χ2n) is 7.57. The Hall–Kier alpha value is -3.03. The molecule has 2 aliphatic heterocycles. The molecule has 2 aromatic carbocycles. The average Bonchev–Trinajstić information content (AvgIpc) is 3.07. The summed E-state index contributed by atoms with van der Waals surface area (Å²) < 4.78 is 16.6. The van der Waals surface area contributed by atoms with Crippen molar-refractivity contribution in [3.63, 3.8) is 0 Å². The highest BCUT2D eigenvalue weighted by Gasteiger charge is 2.32. The lowest BCUT2D eigenvalue weighted by Gasteiger charge is -2.32. The standard InChI is InChI=1S/C23H26N2O5/c1-24-8-10-25(11-9-24)14-17-18(26)6-5-16-22(27)21(30-23(16)17)13-15-4-7-19(28-2)20(12-15)29-3/h4-7,12-13,26H,8-11,14H2,1-3H3/b21-13-. The number of carbonyl (C=O) groups is 1. The molecule has 1 fully saturated rings. The number of fused-ring (bicyclic) bond motifs is 1. The molecule has 2 heterocycles. The fraction of sp³-hybridized carbons (Fsp3) is 0.348. The van der Waals surface area contributed by atoms with Gasteiger partial charge >= 0.3 is 0 Å². The van der Waals surface area contributed by atoms with Crippen LogP contribution in [0.1, 0.15) is 21.5 Å². The fourth-order valence-corrected chi connectivity index (χ4v) is 3.77. The van der Waals surface area contributed by atoms with Gasteiger partial charge in [-0.1, -0.05) is 6.07 Å². The molecule has 7 nitrogen and oxygen atoms in total. The van der Waals surface area contributed by atoms with Gasteiger partial charge in [-0.2, -0.15) is 0 Å². The maximum absolute atomic E-state index is 12.9. The van der Waals surface area contributed by atoms with Crippen molar-refractivity contribution in [3.05, 3.63) is 52.8 Å². The van der Waals surface area contributed by atoms with E-state index in [9.17, 15) is 9.90 Å². The molecule has 0 amide bonds. The summed E-state index contributed by atoms with van der Waals surface area (Å²) in [7, 11) is 5.24. The minimum atomic E-state index is -0.195. The van der Waals surface area contributed by atoms with E-state index >= 15 is 0 Å². The maximum atomic E-state index is 12.9. The Morgan fingerprint density at radius 2 is 1.80 bits per heavy atom. The Labute approximate surface area is 176 Å². The van der Waals surface area contributed by atoms with Gasteiger partial charge in [0.15, 0.2) is 17.3 Å². The number of aromatic hydroxyl groups is 1. The van der Waals surface area contributed by atoms with Crippen LogP contribution in [-0.4, -0.2) is 68.1 Å². The molecule has 7 heteroatoms. The Bertz CT molecular complexity index is 993. The van der Waals surface area contributed by atoms with Crippen LogP contribution in [0, 0.1) is 0 Å². The van der Waals surface area contributed by atoms with E-state index < -0.39 is 0 Å². The van der Waals surface area contributed by atoms with Crippen LogP contribution in [0.2, 0.25) is 0 Å². The van der Waals surface area contributed by atoms with Gasteiger partial charge in [0.1, 0.15) is 11.5 Å². The van der Waals surface area contributed by atoms with Gasteiger partial charge in [-0.3, -0.25) is 9.69 Å². The van der Waals surface area contributed by atoms with E-state index in [1.807, 2.05) is 6.07 Å². The molecular weight excluding hydrogens is 384 g/mol. The summed E-state index contributed by atoms with van der Waals surface area (Å²) in [4.78, 5) is 17.5. The second kappa shape index (κ2) is 8.38.